The lowest BCUT2D eigenvalue weighted by atomic mass is 10.0. The molecule has 3 amide bonds. The van der Waals surface area contributed by atoms with Gasteiger partial charge in [0.25, 0.3) is 5.91 Å². The van der Waals surface area contributed by atoms with Crippen molar-refractivity contribution in [3.63, 3.8) is 0 Å². The van der Waals surface area contributed by atoms with Gasteiger partial charge in [0, 0.05) is 22.8 Å². The fourth-order valence-corrected chi connectivity index (χ4v) is 3.80. The monoisotopic (exact) mass is 490 g/mol. The number of rotatable bonds is 5. The summed E-state index contributed by atoms with van der Waals surface area (Å²) in [5.41, 5.74) is 12.5. The van der Waals surface area contributed by atoms with E-state index < -0.39 is 18.0 Å². The number of nitrogens with zero attached hydrogens (tertiary/aromatic N) is 2. The normalized spacial score (nSPS) is 15.0. The van der Waals surface area contributed by atoms with Gasteiger partial charge < -0.3 is 10.7 Å². The SMILES string of the molecule is N=C(N)c1ccc(C2C(=O)NC(=O)N2c2ccc3nc[nH]c3c2)cc1.NNCc1ccc(Cl)cc1. The van der Waals surface area contributed by atoms with E-state index >= 15 is 0 Å². The molecule has 1 aromatic heterocycles. The number of aromatic nitrogens is 2. The number of amidine groups is 1. The fraction of sp³-hybridized carbons (Fsp3) is 0.0833. The van der Waals surface area contributed by atoms with Crippen LogP contribution >= 0.6 is 11.6 Å². The molecule has 10 nitrogen and oxygen atoms in total. The van der Waals surface area contributed by atoms with Gasteiger partial charge in [-0.05, 0) is 41.5 Å². The summed E-state index contributed by atoms with van der Waals surface area (Å²) in [5, 5.41) is 10.5. The molecule has 0 spiro atoms. The zero-order valence-corrected chi connectivity index (χ0v) is 19.2. The van der Waals surface area contributed by atoms with E-state index in [4.69, 9.17) is 28.6 Å². The zero-order chi connectivity index (χ0) is 24.9. The Labute approximate surface area is 205 Å². The molecule has 1 aliphatic rings. The summed E-state index contributed by atoms with van der Waals surface area (Å²) in [6.07, 6.45) is 1.57. The van der Waals surface area contributed by atoms with Gasteiger partial charge in [0.2, 0.25) is 0 Å². The topological polar surface area (TPSA) is 166 Å². The summed E-state index contributed by atoms with van der Waals surface area (Å²) in [5.74, 6) is 4.66. The zero-order valence-electron chi connectivity index (χ0n) is 18.5. The number of anilines is 1. The molecule has 8 N–H and O–H groups in total. The quantitative estimate of drug-likeness (QED) is 0.0826. The third-order valence-electron chi connectivity index (χ3n) is 5.39. The first kappa shape index (κ1) is 23.9. The van der Waals surface area contributed by atoms with Gasteiger partial charge in [-0.2, -0.15) is 0 Å². The maximum absolute atomic E-state index is 12.3. The van der Waals surface area contributed by atoms with Gasteiger partial charge in [-0.15, -0.1) is 0 Å². The number of carbonyl (C=O) groups excluding carboxylic acids is 2. The Kier molecular flexibility index (Phi) is 7.06. The van der Waals surface area contributed by atoms with Gasteiger partial charge >= 0.3 is 6.03 Å². The number of H-pyrrole nitrogens is 1. The molecule has 4 aromatic rings. The standard InChI is InChI=1S/C17H14N6O2.C7H9ClN2/c18-15(19)10-3-1-9(2-4-10)14-16(24)22-17(25)23(14)11-5-6-12-13(7-11)21-8-20-12;8-7-3-1-6(2-4-7)5-10-9/h1-8,14H,(H3,18,19)(H,20,21)(H,22,24,25);1-4,10H,5,9H2. The first-order chi connectivity index (χ1) is 16.9. The Hall–Kier alpha value is -4.25. The molecule has 0 aliphatic carbocycles. The largest absolute Gasteiger partial charge is 0.384 e. The number of carbonyl (C=O) groups is 2. The van der Waals surface area contributed by atoms with Gasteiger partial charge in [-0.3, -0.25) is 31.7 Å². The minimum absolute atomic E-state index is 0.0555. The molecular formula is C24H23ClN8O2. The number of amides is 3. The number of benzene rings is 3. The molecule has 0 saturated carbocycles. The Morgan fingerprint density at radius 3 is 2.46 bits per heavy atom. The van der Waals surface area contributed by atoms with Crippen LogP contribution in [0.15, 0.2) is 73.1 Å². The van der Waals surface area contributed by atoms with E-state index in [0.717, 1.165) is 21.6 Å². The van der Waals surface area contributed by atoms with E-state index in [2.05, 4.69) is 20.7 Å². The number of hydrogen-bond acceptors (Lipinski definition) is 6. The van der Waals surface area contributed by atoms with Gasteiger partial charge in [-0.25, -0.2) is 9.78 Å². The molecule has 1 atom stereocenters. The number of nitrogens with two attached hydrogens (primary N) is 2. The summed E-state index contributed by atoms with van der Waals surface area (Å²) in [6, 6.07) is 18.3. The van der Waals surface area contributed by atoms with Crippen LogP contribution in [0.4, 0.5) is 10.5 Å². The summed E-state index contributed by atoms with van der Waals surface area (Å²) in [4.78, 5) is 33.2. The van der Waals surface area contributed by atoms with Gasteiger partial charge in [-0.1, -0.05) is 48.0 Å². The number of hydrazine groups is 1. The highest BCUT2D eigenvalue weighted by atomic mass is 35.5. The third kappa shape index (κ3) is 5.30. The smallest absolute Gasteiger partial charge is 0.329 e. The predicted octanol–water partition coefficient (Wildman–Crippen LogP) is 2.95. The Bertz CT molecular complexity index is 1370. The van der Waals surface area contributed by atoms with Crippen LogP contribution in [0.1, 0.15) is 22.7 Å². The highest BCUT2D eigenvalue weighted by Gasteiger charge is 2.40. The van der Waals surface area contributed by atoms with E-state index in [1.807, 2.05) is 24.3 Å². The lowest BCUT2D eigenvalue weighted by Crippen LogP contribution is -2.29. The molecular weight excluding hydrogens is 468 g/mol. The van der Waals surface area contributed by atoms with Crippen LogP contribution < -0.4 is 27.2 Å². The number of imide groups is 1. The van der Waals surface area contributed by atoms with Gasteiger partial charge in [0.05, 0.1) is 17.4 Å². The Balaban J connectivity index is 0.000000243. The van der Waals surface area contributed by atoms with E-state index in [9.17, 15) is 9.59 Å². The number of imidazole rings is 1. The minimum Gasteiger partial charge on any atom is -0.384 e. The van der Waals surface area contributed by atoms with E-state index in [1.54, 1.807) is 48.8 Å². The summed E-state index contributed by atoms with van der Waals surface area (Å²) in [6.45, 7) is 0.678. The number of aromatic amines is 1. The van der Waals surface area contributed by atoms with Crippen LogP contribution in [0.5, 0.6) is 0 Å². The van der Waals surface area contributed by atoms with Crippen molar-refractivity contribution in [2.45, 2.75) is 12.6 Å². The molecule has 178 valence electrons. The first-order valence-corrected chi connectivity index (χ1v) is 10.9. The van der Waals surface area contributed by atoms with Crippen molar-refractivity contribution in [3.05, 3.63) is 94.8 Å². The number of urea groups is 1. The van der Waals surface area contributed by atoms with Crippen LogP contribution in [0.2, 0.25) is 5.02 Å². The fourth-order valence-electron chi connectivity index (χ4n) is 3.67. The van der Waals surface area contributed by atoms with Crippen molar-refractivity contribution in [1.82, 2.24) is 20.7 Å². The average Bonchev–Trinajstić information content (AvgIpc) is 3.43. The van der Waals surface area contributed by atoms with Gasteiger partial charge in [0.15, 0.2) is 0 Å². The summed E-state index contributed by atoms with van der Waals surface area (Å²) >= 11 is 5.66. The molecule has 1 saturated heterocycles. The molecule has 3 aromatic carbocycles. The van der Waals surface area contributed by atoms with Crippen LogP contribution in [-0.4, -0.2) is 27.7 Å². The maximum Gasteiger partial charge on any atom is 0.329 e. The van der Waals surface area contributed by atoms with Crippen LogP contribution in [0, 0.1) is 5.41 Å². The third-order valence-corrected chi connectivity index (χ3v) is 5.65. The Morgan fingerprint density at radius 2 is 1.80 bits per heavy atom. The molecule has 1 aliphatic heterocycles. The predicted molar refractivity (Wildman–Crippen MR) is 135 cm³/mol. The number of nitrogens with one attached hydrogen (secondary N) is 4. The van der Waals surface area contributed by atoms with Crippen molar-refractivity contribution >= 4 is 46.1 Å². The van der Waals surface area contributed by atoms with Crippen molar-refractivity contribution in [2.75, 3.05) is 4.90 Å². The molecule has 11 heteroatoms. The van der Waals surface area contributed by atoms with E-state index in [-0.39, 0.29) is 5.84 Å². The van der Waals surface area contributed by atoms with Crippen molar-refractivity contribution < 1.29 is 9.59 Å². The minimum atomic E-state index is -0.783. The van der Waals surface area contributed by atoms with Crippen molar-refractivity contribution in [3.8, 4) is 0 Å². The second kappa shape index (κ2) is 10.3. The number of halogens is 1. The Morgan fingerprint density at radius 1 is 1.09 bits per heavy atom. The van der Waals surface area contributed by atoms with Crippen LogP contribution in [-0.2, 0) is 11.3 Å². The molecule has 1 unspecified atom stereocenters. The molecule has 2 heterocycles. The molecule has 5 rings (SSSR count). The second-order valence-electron chi connectivity index (χ2n) is 7.71. The highest BCUT2D eigenvalue weighted by Crippen LogP contribution is 2.32. The molecule has 35 heavy (non-hydrogen) atoms. The summed E-state index contributed by atoms with van der Waals surface area (Å²) < 4.78 is 0. The lowest BCUT2D eigenvalue weighted by molar-refractivity contribution is -0.119. The van der Waals surface area contributed by atoms with E-state index in [1.165, 1.54) is 4.90 Å². The molecule has 0 radical (unpaired) electrons. The average molecular weight is 491 g/mol. The summed E-state index contributed by atoms with van der Waals surface area (Å²) in [7, 11) is 0. The number of nitrogen functional groups attached to an aromatic ring is 1. The van der Waals surface area contributed by atoms with Crippen molar-refractivity contribution in [2.24, 2.45) is 11.6 Å². The van der Waals surface area contributed by atoms with Crippen molar-refractivity contribution in [1.29, 1.82) is 5.41 Å². The van der Waals surface area contributed by atoms with Crippen LogP contribution in [0.25, 0.3) is 11.0 Å². The molecule has 1 fully saturated rings. The lowest BCUT2D eigenvalue weighted by Gasteiger charge is -2.22. The highest BCUT2D eigenvalue weighted by molar-refractivity contribution is 6.30. The van der Waals surface area contributed by atoms with Gasteiger partial charge in [0.1, 0.15) is 11.9 Å². The number of hydrogen-bond donors (Lipinski definition) is 6. The second-order valence-corrected chi connectivity index (χ2v) is 8.15. The van der Waals surface area contributed by atoms with Crippen LogP contribution in [0.3, 0.4) is 0 Å². The first-order valence-electron chi connectivity index (χ1n) is 10.6. The molecule has 0 bridgehead atoms. The number of fused-ring (bicyclic) bond motifs is 1. The maximum atomic E-state index is 12.3. The van der Waals surface area contributed by atoms with E-state index in [0.29, 0.717) is 23.4 Å².